The van der Waals surface area contributed by atoms with Crippen LogP contribution in [-0.4, -0.2) is 50.2 Å². The monoisotopic (exact) mass is 399 g/mol. The number of likely N-dealkylation sites (N-methyl/N-ethyl adjacent to an activating group) is 1. The van der Waals surface area contributed by atoms with Crippen molar-refractivity contribution in [2.24, 2.45) is 5.92 Å². The number of quaternary nitrogens is 1. The van der Waals surface area contributed by atoms with E-state index >= 15 is 0 Å². The van der Waals surface area contributed by atoms with Crippen LogP contribution in [0, 0.1) is 5.92 Å². The average molecular weight is 400 g/mol. The van der Waals surface area contributed by atoms with E-state index in [1.807, 2.05) is 21.1 Å². The molecule has 28 heavy (non-hydrogen) atoms. The van der Waals surface area contributed by atoms with Crippen LogP contribution in [0.5, 0.6) is 0 Å². The van der Waals surface area contributed by atoms with Gasteiger partial charge in [-0.2, -0.15) is 0 Å². The molecule has 0 aliphatic carbocycles. The number of hydrogen-bond acceptors (Lipinski definition) is 4. The van der Waals surface area contributed by atoms with Crippen LogP contribution in [0.25, 0.3) is 0 Å². The Hall–Kier alpha value is -1.10. The van der Waals surface area contributed by atoms with Crippen molar-refractivity contribution in [2.75, 3.05) is 27.7 Å². The van der Waals surface area contributed by atoms with E-state index in [1.165, 1.54) is 38.5 Å². The molecule has 0 heterocycles. The molecule has 0 aromatic carbocycles. The quantitative estimate of drug-likeness (QED) is 0.198. The Labute approximate surface area is 173 Å². The minimum atomic E-state index is -1.17. The minimum Gasteiger partial charge on any atom is -0.550 e. The fraction of sp³-hybridized carbons (Fsp3) is 0.913. The third-order valence-electron chi connectivity index (χ3n) is 5.07. The highest BCUT2D eigenvalue weighted by Gasteiger charge is 2.26. The SMILES string of the molecule is CCCCCCCCC(CCCCCC)C(=O)O[C@H](CC(=O)[O-])C[N+](C)(C)C. The first-order valence-corrected chi connectivity index (χ1v) is 11.4. The first-order chi connectivity index (χ1) is 13.2. The molecule has 0 spiro atoms. The number of nitrogens with zero attached hydrogens (tertiary/aromatic N) is 1. The van der Waals surface area contributed by atoms with Gasteiger partial charge in [0.05, 0.1) is 27.1 Å². The lowest BCUT2D eigenvalue weighted by Gasteiger charge is -2.30. The number of carboxylic acids is 1. The van der Waals surface area contributed by atoms with Crippen molar-refractivity contribution < 1.29 is 23.9 Å². The Kier molecular flexibility index (Phi) is 15.2. The van der Waals surface area contributed by atoms with Crippen LogP contribution in [0.15, 0.2) is 0 Å². The predicted octanol–water partition coefficient (Wildman–Crippen LogP) is 4.08. The smallest absolute Gasteiger partial charge is 0.309 e. The Morgan fingerprint density at radius 2 is 1.29 bits per heavy atom. The van der Waals surface area contributed by atoms with Gasteiger partial charge in [-0.25, -0.2) is 0 Å². The van der Waals surface area contributed by atoms with Crippen molar-refractivity contribution in [1.82, 2.24) is 0 Å². The lowest BCUT2D eigenvalue weighted by Crippen LogP contribution is -2.45. The topological polar surface area (TPSA) is 66.4 Å². The number of rotatable bonds is 18. The third-order valence-corrected chi connectivity index (χ3v) is 5.07. The minimum absolute atomic E-state index is 0.111. The number of esters is 1. The Balaban J connectivity index is 4.70. The van der Waals surface area contributed by atoms with Crippen LogP contribution in [-0.2, 0) is 14.3 Å². The molecule has 0 saturated carbocycles. The number of carbonyl (C=O) groups excluding carboxylic acids is 2. The van der Waals surface area contributed by atoms with Gasteiger partial charge in [0.15, 0.2) is 6.10 Å². The van der Waals surface area contributed by atoms with Crippen molar-refractivity contribution in [1.29, 1.82) is 0 Å². The first-order valence-electron chi connectivity index (χ1n) is 11.4. The molecule has 0 aliphatic rings. The summed E-state index contributed by atoms with van der Waals surface area (Å²) in [6, 6.07) is 0. The molecule has 1 unspecified atom stereocenters. The largest absolute Gasteiger partial charge is 0.550 e. The highest BCUT2D eigenvalue weighted by atomic mass is 16.5. The third kappa shape index (κ3) is 15.9. The molecule has 0 radical (unpaired) electrons. The molecule has 0 aromatic rings. The Bertz CT molecular complexity index is 417. The van der Waals surface area contributed by atoms with Crippen LogP contribution in [0.1, 0.15) is 97.3 Å². The fourth-order valence-electron chi connectivity index (χ4n) is 3.57. The fourth-order valence-corrected chi connectivity index (χ4v) is 3.57. The van der Waals surface area contributed by atoms with Crippen molar-refractivity contribution >= 4 is 11.9 Å². The zero-order chi connectivity index (χ0) is 21.4. The molecule has 2 atom stereocenters. The molecule has 0 fully saturated rings. The Morgan fingerprint density at radius 3 is 1.75 bits per heavy atom. The van der Waals surface area contributed by atoms with E-state index in [2.05, 4.69) is 13.8 Å². The highest BCUT2D eigenvalue weighted by molar-refractivity contribution is 5.73. The summed E-state index contributed by atoms with van der Waals surface area (Å²) in [5, 5.41) is 11.1. The van der Waals surface area contributed by atoms with Crippen molar-refractivity contribution in [3.05, 3.63) is 0 Å². The van der Waals surface area contributed by atoms with Gasteiger partial charge < -0.3 is 19.1 Å². The molecule has 0 aliphatic heterocycles. The van der Waals surface area contributed by atoms with Gasteiger partial charge in [-0.1, -0.05) is 78.1 Å². The van der Waals surface area contributed by atoms with Gasteiger partial charge in [-0.05, 0) is 12.8 Å². The first kappa shape index (κ1) is 26.9. The molecule has 5 heteroatoms. The van der Waals surface area contributed by atoms with Crippen LogP contribution < -0.4 is 5.11 Å². The summed E-state index contributed by atoms with van der Waals surface area (Å²) in [5.41, 5.74) is 0. The second kappa shape index (κ2) is 15.8. The zero-order valence-electron chi connectivity index (χ0n) is 19.1. The molecular formula is C23H45NO4. The Morgan fingerprint density at radius 1 is 0.821 bits per heavy atom. The van der Waals surface area contributed by atoms with Gasteiger partial charge in [0, 0.05) is 12.4 Å². The summed E-state index contributed by atoms with van der Waals surface area (Å²) in [4.78, 5) is 23.9. The second-order valence-electron chi connectivity index (χ2n) is 9.21. The standard InChI is InChI=1S/C23H45NO4/c1-6-8-10-12-13-15-17-20(16-14-11-9-7-2)23(27)28-21(18-22(25)26)19-24(3,4)5/h20-21H,6-19H2,1-5H3/t20?,21-/m1/s1. The summed E-state index contributed by atoms with van der Waals surface area (Å²) in [5.74, 6) is -1.49. The van der Waals surface area contributed by atoms with E-state index in [-0.39, 0.29) is 18.3 Å². The molecule has 5 nitrogen and oxygen atoms in total. The second-order valence-corrected chi connectivity index (χ2v) is 9.21. The van der Waals surface area contributed by atoms with Crippen molar-refractivity contribution in [3.63, 3.8) is 0 Å². The lowest BCUT2D eigenvalue weighted by atomic mass is 9.94. The molecule has 0 aromatic heterocycles. The number of carboxylic acid groups (broad SMARTS) is 1. The summed E-state index contributed by atoms with van der Waals surface area (Å²) in [6.45, 7) is 4.86. The molecule has 0 rings (SSSR count). The lowest BCUT2D eigenvalue weighted by molar-refractivity contribution is -0.873. The highest BCUT2D eigenvalue weighted by Crippen LogP contribution is 2.21. The van der Waals surface area contributed by atoms with E-state index in [1.54, 1.807) is 0 Å². The van der Waals surface area contributed by atoms with Gasteiger partial charge in [0.25, 0.3) is 0 Å². The summed E-state index contributed by atoms with van der Waals surface area (Å²) in [6.07, 6.45) is 12.5. The maximum Gasteiger partial charge on any atom is 0.309 e. The van der Waals surface area contributed by atoms with E-state index < -0.39 is 12.1 Å². The van der Waals surface area contributed by atoms with Crippen LogP contribution in [0.4, 0.5) is 0 Å². The van der Waals surface area contributed by atoms with E-state index in [0.717, 1.165) is 38.5 Å². The average Bonchev–Trinajstić information content (AvgIpc) is 2.57. The molecular weight excluding hydrogens is 354 g/mol. The predicted molar refractivity (Wildman–Crippen MR) is 113 cm³/mol. The maximum absolute atomic E-state index is 12.8. The van der Waals surface area contributed by atoms with Crippen LogP contribution in [0.3, 0.4) is 0 Å². The number of aliphatic carboxylic acids is 1. The van der Waals surface area contributed by atoms with Gasteiger partial charge in [0.1, 0.15) is 6.54 Å². The number of carbonyl (C=O) groups is 2. The molecule has 166 valence electrons. The molecule has 0 N–H and O–H groups in total. The maximum atomic E-state index is 12.8. The summed E-state index contributed by atoms with van der Waals surface area (Å²) < 4.78 is 6.22. The van der Waals surface area contributed by atoms with Crippen LogP contribution in [0.2, 0.25) is 0 Å². The van der Waals surface area contributed by atoms with Crippen molar-refractivity contribution in [2.45, 2.75) is 103 Å². The van der Waals surface area contributed by atoms with E-state index in [0.29, 0.717) is 11.0 Å². The van der Waals surface area contributed by atoms with Gasteiger partial charge >= 0.3 is 5.97 Å². The van der Waals surface area contributed by atoms with Gasteiger partial charge in [0.2, 0.25) is 0 Å². The van der Waals surface area contributed by atoms with E-state index in [4.69, 9.17) is 4.74 Å². The number of ether oxygens (including phenoxy) is 1. The molecule has 0 saturated heterocycles. The van der Waals surface area contributed by atoms with E-state index in [9.17, 15) is 14.7 Å². The van der Waals surface area contributed by atoms with Crippen molar-refractivity contribution in [3.8, 4) is 0 Å². The zero-order valence-corrected chi connectivity index (χ0v) is 19.1. The van der Waals surface area contributed by atoms with Gasteiger partial charge in [-0.15, -0.1) is 0 Å². The number of hydrogen-bond donors (Lipinski definition) is 0. The number of unbranched alkanes of at least 4 members (excludes halogenated alkanes) is 8. The summed E-state index contributed by atoms with van der Waals surface area (Å²) in [7, 11) is 5.90. The molecule has 0 amide bonds. The van der Waals surface area contributed by atoms with Crippen LogP contribution >= 0.6 is 0 Å². The van der Waals surface area contributed by atoms with Gasteiger partial charge in [-0.3, -0.25) is 4.79 Å². The normalized spacial score (nSPS) is 13.9. The molecule has 0 bridgehead atoms. The summed E-state index contributed by atoms with van der Waals surface area (Å²) >= 11 is 0.